The molecule has 2 aliphatic rings. The first kappa shape index (κ1) is 14.8. The predicted molar refractivity (Wildman–Crippen MR) is 88.5 cm³/mol. The predicted octanol–water partition coefficient (Wildman–Crippen LogP) is 2.79. The molecular weight excluding hydrogens is 332 g/mol. The number of fused-ring (bicyclic) bond motifs is 1. The van der Waals surface area contributed by atoms with E-state index in [0.29, 0.717) is 19.5 Å². The molecule has 23 heavy (non-hydrogen) atoms. The van der Waals surface area contributed by atoms with Gasteiger partial charge in [-0.3, -0.25) is 9.59 Å². The van der Waals surface area contributed by atoms with E-state index in [0.717, 1.165) is 22.0 Å². The Morgan fingerprint density at radius 2 is 2.22 bits per heavy atom. The maximum atomic E-state index is 12.4. The zero-order chi connectivity index (χ0) is 16.1. The Bertz CT molecular complexity index is 795. The summed E-state index contributed by atoms with van der Waals surface area (Å²) in [5, 5.41) is 12.1. The molecule has 2 atom stereocenters. The topological polar surface area (TPSA) is 70.5 Å². The highest BCUT2D eigenvalue weighted by Gasteiger charge is 2.50. The number of thiophene rings is 1. The largest absolute Gasteiger partial charge is 0.481 e. The fourth-order valence-corrected chi connectivity index (χ4v) is 4.91. The highest BCUT2D eigenvalue weighted by atomic mass is 32.1. The molecule has 1 amide bonds. The van der Waals surface area contributed by atoms with Crippen molar-refractivity contribution >= 4 is 34.6 Å². The Morgan fingerprint density at radius 1 is 1.39 bits per heavy atom. The number of rotatable bonds is 3. The molecule has 2 aromatic heterocycles. The lowest BCUT2D eigenvalue weighted by Crippen LogP contribution is -2.37. The molecule has 0 saturated heterocycles. The van der Waals surface area contributed by atoms with Crippen molar-refractivity contribution in [1.29, 1.82) is 0 Å². The molecule has 1 fully saturated rings. The van der Waals surface area contributed by atoms with Gasteiger partial charge in [-0.1, -0.05) is 0 Å². The molecule has 1 saturated carbocycles. The van der Waals surface area contributed by atoms with Gasteiger partial charge >= 0.3 is 5.97 Å². The first-order valence-electron chi connectivity index (χ1n) is 7.58. The third-order valence-electron chi connectivity index (χ3n) is 4.47. The minimum Gasteiger partial charge on any atom is -0.481 e. The molecule has 4 rings (SSSR count). The molecule has 1 aliphatic heterocycles. The SMILES string of the molecule is Cc1nc(-c2cc3c(s2)CCN(C(=O)C2CC2C(=O)O)C3)cs1. The molecule has 2 unspecified atom stereocenters. The first-order chi connectivity index (χ1) is 11.0. The number of carboxylic acid groups (broad SMARTS) is 1. The number of amides is 1. The van der Waals surface area contributed by atoms with E-state index >= 15 is 0 Å². The standard InChI is InChI=1S/C16H16N2O3S2/c1-8-17-12(7-22-8)14-4-9-6-18(3-2-13(9)23-14)15(19)10-5-11(10)16(20)21/h4,7,10-11H,2-3,5-6H2,1H3,(H,20,21). The Morgan fingerprint density at radius 3 is 2.87 bits per heavy atom. The third kappa shape index (κ3) is 2.68. The van der Waals surface area contributed by atoms with Crippen molar-refractivity contribution in [2.45, 2.75) is 26.3 Å². The van der Waals surface area contributed by atoms with Gasteiger partial charge in [0.25, 0.3) is 0 Å². The average Bonchev–Trinajstić information content (AvgIpc) is 3.04. The summed E-state index contributed by atoms with van der Waals surface area (Å²) < 4.78 is 0. The molecular formula is C16H16N2O3S2. The summed E-state index contributed by atoms with van der Waals surface area (Å²) in [6.07, 6.45) is 1.34. The van der Waals surface area contributed by atoms with Crippen LogP contribution < -0.4 is 0 Å². The fraction of sp³-hybridized carbons (Fsp3) is 0.438. The van der Waals surface area contributed by atoms with Crippen LogP contribution in [0.3, 0.4) is 0 Å². The van der Waals surface area contributed by atoms with Crippen LogP contribution in [0.5, 0.6) is 0 Å². The van der Waals surface area contributed by atoms with E-state index in [9.17, 15) is 9.59 Å². The van der Waals surface area contributed by atoms with Gasteiger partial charge in [-0.15, -0.1) is 22.7 Å². The van der Waals surface area contributed by atoms with Crippen LogP contribution in [-0.4, -0.2) is 33.4 Å². The van der Waals surface area contributed by atoms with Crippen molar-refractivity contribution in [2.24, 2.45) is 11.8 Å². The molecule has 1 N–H and O–H groups in total. The lowest BCUT2D eigenvalue weighted by Gasteiger charge is -2.27. The number of carboxylic acids is 1. The zero-order valence-electron chi connectivity index (χ0n) is 12.6. The summed E-state index contributed by atoms with van der Waals surface area (Å²) in [6.45, 7) is 3.28. The van der Waals surface area contributed by atoms with E-state index in [4.69, 9.17) is 5.11 Å². The number of carbonyl (C=O) groups excluding carboxylic acids is 1. The molecule has 2 aromatic rings. The van der Waals surface area contributed by atoms with Crippen molar-refractivity contribution in [1.82, 2.24) is 9.88 Å². The lowest BCUT2D eigenvalue weighted by atomic mass is 10.1. The molecule has 0 bridgehead atoms. The van der Waals surface area contributed by atoms with Crippen LogP contribution in [0.25, 0.3) is 10.6 Å². The number of thiazole rings is 1. The van der Waals surface area contributed by atoms with Crippen LogP contribution in [0, 0.1) is 18.8 Å². The molecule has 120 valence electrons. The van der Waals surface area contributed by atoms with Gasteiger partial charge in [0, 0.05) is 23.3 Å². The average molecular weight is 348 g/mol. The monoisotopic (exact) mass is 348 g/mol. The molecule has 0 aromatic carbocycles. The summed E-state index contributed by atoms with van der Waals surface area (Å²) in [4.78, 5) is 32.2. The quantitative estimate of drug-likeness (QED) is 0.926. The molecule has 0 radical (unpaired) electrons. The second-order valence-electron chi connectivity index (χ2n) is 6.11. The summed E-state index contributed by atoms with van der Waals surface area (Å²) in [5.41, 5.74) is 2.20. The summed E-state index contributed by atoms with van der Waals surface area (Å²) in [5.74, 6) is -1.63. The van der Waals surface area contributed by atoms with Gasteiger partial charge in [-0.25, -0.2) is 4.98 Å². The smallest absolute Gasteiger partial charge is 0.307 e. The van der Waals surface area contributed by atoms with Gasteiger partial charge < -0.3 is 10.0 Å². The van der Waals surface area contributed by atoms with Crippen LogP contribution in [0.15, 0.2) is 11.4 Å². The van der Waals surface area contributed by atoms with E-state index in [1.165, 1.54) is 10.4 Å². The van der Waals surface area contributed by atoms with Crippen molar-refractivity contribution < 1.29 is 14.7 Å². The minimum absolute atomic E-state index is 0.000280. The number of aryl methyl sites for hydroxylation is 1. The number of carbonyl (C=O) groups is 2. The van der Waals surface area contributed by atoms with Crippen molar-refractivity contribution in [3.63, 3.8) is 0 Å². The Hall–Kier alpha value is -1.73. The van der Waals surface area contributed by atoms with E-state index in [2.05, 4.69) is 16.4 Å². The summed E-state index contributed by atoms with van der Waals surface area (Å²) in [7, 11) is 0. The van der Waals surface area contributed by atoms with Gasteiger partial charge in [0.2, 0.25) is 5.91 Å². The lowest BCUT2D eigenvalue weighted by molar-refractivity contribution is -0.142. The normalized spacial score (nSPS) is 22.7. The third-order valence-corrected chi connectivity index (χ3v) is 6.51. The van der Waals surface area contributed by atoms with Crippen LogP contribution in [-0.2, 0) is 22.6 Å². The Labute approximate surface area is 141 Å². The molecule has 1 aliphatic carbocycles. The van der Waals surface area contributed by atoms with Gasteiger partial charge in [0.15, 0.2) is 0 Å². The second-order valence-corrected chi connectivity index (χ2v) is 8.31. The number of aliphatic carboxylic acids is 1. The van der Waals surface area contributed by atoms with Crippen molar-refractivity contribution in [3.05, 3.63) is 26.9 Å². The van der Waals surface area contributed by atoms with E-state index in [-0.39, 0.29) is 11.8 Å². The van der Waals surface area contributed by atoms with Gasteiger partial charge in [-0.2, -0.15) is 0 Å². The van der Waals surface area contributed by atoms with Gasteiger partial charge in [0.05, 0.1) is 27.4 Å². The number of hydrogen-bond donors (Lipinski definition) is 1. The Balaban J connectivity index is 1.50. The molecule has 5 nitrogen and oxygen atoms in total. The number of hydrogen-bond acceptors (Lipinski definition) is 5. The minimum atomic E-state index is -0.849. The highest BCUT2D eigenvalue weighted by Crippen LogP contribution is 2.42. The van der Waals surface area contributed by atoms with E-state index < -0.39 is 11.9 Å². The maximum Gasteiger partial charge on any atom is 0.307 e. The molecule has 0 spiro atoms. The van der Waals surface area contributed by atoms with Crippen LogP contribution in [0.4, 0.5) is 0 Å². The zero-order valence-corrected chi connectivity index (χ0v) is 14.2. The van der Waals surface area contributed by atoms with Crippen molar-refractivity contribution in [2.75, 3.05) is 6.54 Å². The van der Waals surface area contributed by atoms with Crippen LogP contribution >= 0.6 is 22.7 Å². The van der Waals surface area contributed by atoms with E-state index in [1.807, 2.05) is 11.8 Å². The maximum absolute atomic E-state index is 12.4. The highest BCUT2D eigenvalue weighted by molar-refractivity contribution is 7.16. The summed E-state index contributed by atoms with van der Waals surface area (Å²) >= 11 is 3.40. The van der Waals surface area contributed by atoms with Crippen molar-refractivity contribution in [3.8, 4) is 10.6 Å². The van der Waals surface area contributed by atoms with E-state index in [1.54, 1.807) is 22.7 Å². The summed E-state index contributed by atoms with van der Waals surface area (Å²) in [6, 6.07) is 2.13. The Kier molecular flexibility index (Phi) is 3.50. The van der Waals surface area contributed by atoms with Crippen LogP contribution in [0.2, 0.25) is 0 Å². The first-order valence-corrected chi connectivity index (χ1v) is 9.28. The van der Waals surface area contributed by atoms with Crippen LogP contribution in [0.1, 0.15) is 21.9 Å². The fourth-order valence-electron chi connectivity index (χ4n) is 3.10. The molecule has 7 heteroatoms. The van der Waals surface area contributed by atoms with Gasteiger partial charge in [0.1, 0.15) is 0 Å². The molecule has 3 heterocycles. The second kappa shape index (κ2) is 5.42. The van der Waals surface area contributed by atoms with Gasteiger partial charge in [-0.05, 0) is 31.4 Å². The number of aromatic nitrogens is 1. The number of nitrogens with zero attached hydrogens (tertiary/aromatic N) is 2.